The lowest BCUT2D eigenvalue weighted by Crippen LogP contribution is -2.19. The fourth-order valence-electron chi connectivity index (χ4n) is 3.10. The van der Waals surface area contributed by atoms with Gasteiger partial charge in [-0.05, 0) is 72.8 Å². The van der Waals surface area contributed by atoms with Gasteiger partial charge >= 0.3 is 0 Å². The van der Waals surface area contributed by atoms with Crippen LogP contribution in [0.4, 0.5) is 10.1 Å². The van der Waals surface area contributed by atoms with E-state index in [0.717, 1.165) is 5.56 Å². The molecule has 0 bridgehead atoms. The van der Waals surface area contributed by atoms with Crippen molar-refractivity contribution >= 4 is 57.8 Å². The normalized spacial score (nSPS) is 15.6. The van der Waals surface area contributed by atoms with E-state index in [-0.39, 0.29) is 18.3 Å². The lowest BCUT2D eigenvalue weighted by Gasteiger charge is -2.15. The van der Waals surface area contributed by atoms with E-state index >= 15 is 0 Å². The predicted molar refractivity (Wildman–Crippen MR) is 136 cm³/mol. The molecule has 0 spiro atoms. The van der Waals surface area contributed by atoms with Crippen molar-refractivity contribution in [2.24, 2.45) is 4.99 Å². The van der Waals surface area contributed by atoms with Gasteiger partial charge in [0.15, 0.2) is 16.7 Å². The molecule has 4 rings (SSSR count). The molecule has 9 heteroatoms. The van der Waals surface area contributed by atoms with Gasteiger partial charge in [0.05, 0.1) is 22.2 Å². The van der Waals surface area contributed by atoms with Crippen LogP contribution in [0, 0.1) is 5.82 Å². The number of amides is 1. The van der Waals surface area contributed by atoms with Crippen LogP contribution in [-0.4, -0.2) is 17.7 Å². The molecule has 1 heterocycles. The highest BCUT2D eigenvalue weighted by molar-refractivity contribution is 8.18. The SMILES string of the molecule is CCOc1cc(/C=C2/SC(=Nc3ccc(F)cc3)NC2=O)cc(Cl)c1OCc1ccccc1Cl. The number of nitrogens with one attached hydrogen (secondary N) is 1. The summed E-state index contributed by atoms with van der Waals surface area (Å²) in [6.07, 6.45) is 1.69. The number of rotatable bonds is 7. The summed E-state index contributed by atoms with van der Waals surface area (Å²) >= 11 is 13.9. The van der Waals surface area contributed by atoms with Crippen LogP contribution in [0.1, 0.15) is 18.1 Å². The fraction of sp³-hybridized carbons (Fsp3) is 0.120. The Morgan fingerprint density at radius 1 is 1.06 bits per heavy atom. The lowest BCUT2D eigenvalue weighted by molar-refractivity contribution is -0.115. The number of ether oxygens (including phenoxy) is 2. The maximum atomic E-state index is 13.1. The van der Waals surface area contributed by atoms with Gasteiger partial charge in [-0.3, -0.25) is 4.79 Å². The molecule has 3 aromatic carbocycles. The van der Waals surface area contributed by atoms with Crippen LogP contribution in [0.2, 0.25) is 10.0 Å². The number of benzene rings is 3. The van der Waals surface area contributed by atoms with Gasteiger partial charge in [0.25, 0.3) is 5.91 Å². The summed E-state index contributed by atoms with van der Waals surface area (Å²) in [4.78, 5) is 17.2. The van der Waals surface area contributed by atoms with Crippen LogP contribution in [-0.2, 0) is 11.4 Å². The van der Waals surface area contributed by atoms with Crippen molar-refractivity contribution in [2.75, 3.05) is 6.61 Å². The molecule has 1 fully saturated rings. The Morgan fingerprint density at radius 3 is 2.56 bits per heavy atom. The summed E-state index contributed by atoms with van der Waals surface area (Å²) in [6, 6.07) is 16.5. The molecule has 1 aliphatic rings. The number of carbonyl (C=O) groups excluding carboxylic acids is 1. The molecule has 1 amide bonds. The third-order valence-electron chi connectivity index (χ3n) is 4.67. The summed E-state index contributed by atoms with van der Waals surface area (Å²) in [5, 5.41) is 4.05. The topological polar surface area (TPSA) is 59.9 Å². The smallest absolute Gasteiger partial charge is 0.264 e. The van der Waals surface area contributed by atoms with Gasteiger partial charge in [-0.25, -0.2) is 9.38 Å². The molecular formula is C25H19Cl2FN2O3S. The van der Waals surface area contributed by atoms with Gasteiger partial charge in [0.1, 0.15) is 12.4 Å². The minimum absolute atomic E-state index is 0.224. The zero-order chi connectivity index (χ0) is 24.1. The van der Waals surface area contributed by atoms with Crippen molar-refractivity contribution in [1.29, 1.82) is 0 Å². The molecule has 5 nitrogen and oxygen atoms in total. The van der Waals surface area contributed by atoms with Crippen LogP contribution in [0.15, 0.2) is 70.6 Å². The van der Waals surface area contributed by atoms with E-state index in [1.54, 1.807) is 24.3 Å². The van der Waals surface area contributed by atoms with E-state index in [9.17, 15) is 9.18 Å². The molecule has 0 atom stereocenters. The van der Waals surface area contributed by atoms with Crippen molar-refractivity contribution < 1.29 is 18.7 Å². The molecule has 174 valence electrons. The van der Waals surface area contributed by atoms with Gasteiger partial charge in [0.2, 0.25) is 0 Å². The molecule has 34 heavy (non-hydrogen) atoms. The van der Waals surface area contributed by atoms with Crippen LogP contribution < -0.4 is 14.8 Å². The number of hydrogen-bond acceptors (Lipinski definition) is 5. The number of aliphatic imine (C=N–C) groups is 1. The van der Waals surface area contributed by atoms with Gasteiger partial charge in [-0.1, -0.05) is 41.4 Å². The number of nitrogens with zero attached hydrogens (tertiary/aromatic N) is 1. The third kappa shape index (κ3) is 5.91. The summed E-state index contributed by atoms with van der Waals surface area (Å²) in [7, 11) is 0. The maximum absolute atomic E-state index is 13.1. The summed E-state index contributed by atoms with van der Waals surface area (Å²) in [5.74, 6) is 0.207. The van der Waals surface area contributed by atoms with Gasteiger partial charge in [-0.15, -0.1) is 0 Å². The second kappa shape index (κ2) is 11.0. The van der Waals surface area contributed by atoms with Crippen molar-refractivity contribution in [1.82, 2.24) is 5.32 Å². The highest BCUT2D eigenvalue weighted by Gasteiger charge is 2.24. The van der Waals surface area contributed by atoms with Crippen molar-refractivity contribution in [3.05, 3.63) is 92.6 Å². The minimum atomic E-state index is -0.353. The Labute approximate surface area is 210 Å². The summed E-state index contributed by atoms with van der Waals surface area (Å²) < 4.78 is 24.8. The Morgan fingerprint density at radius 2 is 1.82 bits per heavy atom. The zero-order valence-electron chi connectivity index (χ0n) is 18.0. The standard InChI is InChI=1S/C25H19Cl2FN2O3S/c1-2-32-21-12-15(11-20(27)23(21)33-14-16-5-3-4-6-19(16)26)13-22-24(31)30-25(34-22)29-18-9-7-17(28)8-10-18/h3-13H,2,14H2,1H3,(H,29,30,31)/b22-13+. The Hall–Kier alpha value is -3.00. The average Bonchev–Trinajstić information content (AvgIpc) is 3.14. The Balaban J connectivity index is 1.56. The van der Waals surface area contributed by atoms with E-state index in [0.29, 0.717) is 49.5 Å². The molecule has 0 radical (unpaired) electrons. The van der Waals surface area contributed by atoms with E-state index in [1.807, 2.05) is 25.1 Å². The first-order chi connectivity index (χ1) is 16.4. The quantitative estimate of drug-likeness (QED) is 0.343. The predicted octanol–water partition coefficient (Wildman–Crippen LogP) is 7.00. The second-order valence-corrected chi connectivity index (χ2v) is 8.95. The summed E-state index contributed by atoms with van der Waals surface area (Å²) in [6.45, 7) is 2.49. The number of amidine groups is 1. The molecule has 1 saturated heterocycles. The monoisotopic (exact) mass is 516 g/mol. The number of thioether (sulfide) groups is 1. The average molecular weight is 517 g/mol. The molecule has 3 aromatic rings. The van der Waals surface area contributed by atoms with Crippen molar-refractivity contribution in [3.8, 4) is 11.5 Å². The molecule has 0 saturated carbocycles. The summed E-state index contributed by atoms with van der Waals surface area (Å²) in [5.41, 5.74) is 2.02. The van der Waals surface area contributed by atoms with Gasteiger partial charge in [-0.2, -0.15) is 0 Å². The Bertz CT molecular complexity index is 1280. The van der Waals surface area contributed by atoms with E-state index < -0.39 is 0 Å². The molecule has 1 N–H and O–H groups in total. The van der Waals surface area contributed by atoms with E-state index in [1.165, 1.54) is 36.0 Å². The number of hydrogen-bond donors (Lipinski definition) is 1. The number of halogens is 3. The molecule has 0 aromatic heterocycles. The minimum Gasteiger partial charge on any atom is -0.490 e. The second-order valence-electron chi connectivity index (χ2n) is 7.10. The largest absolute Gasteiger partial charge is 0.490 e. The highest BCUT2D eigenvalue weighted by Crippen LogP contribution is 2.39. The van der Waals surface area contributed by atoms with Crippen LogP contribution in [0.5, 0.6) is 11.5 Å². The van der Waals surface area contributed by atoms with Crippen LogP contribution >= 0.6 is 35.0 Å². The highest BCUT2D eigenvalue weighted by atomic mass is 35.5. The van der Waals surface area contributed by atoms with Crippen molar-refractivity contribution in [2.45, 2.75) is 13.5 Å². The molecular weight excluding hydrogens is 498 g/mol. The number of carbonyl (C=O) groups is 1. The molecule has 0 unspecified atom stereocenters. The molecule has 1 aliphatic heterocycles. The first kappa shape index (κ1) is 24.1. The zero-order valence-corrected chi connectivity index (χ0v) is 20.3. The maximum Gasteiger partial charge on any atom is 0.264 e. The Kier molecular flexibility index (Phi) is 7.77. The first-order valence-corrected chi connectivity index (χ1v) is 11.9. The van der Waals surface area contributed by atoms with E-state index in [4.69, 9.17) is 32.7 Å². The fourth-order valence-corrected chi connectivity index (χ4v) is 4.41. The van der Waals surface area contributed by atoms with Crippen molar-refractivity contribution in [3.63, 3.8) is 0 Å². The van der Waals surface area contributed by atoms with Crippen LogP contribution in [0.25, 0.3) is 6.08 Å². The molecule has 0 aliphatic carbocycles. The first-order valence-electron chi connectivity index (χ1n) is 10.3. The third-order valence-corrected chi connectivity index (χ3v) is 6.23. The van der Waals surface area contributed by atoms with Gasteiger partial charge in [0, 0.05) is 10.6 Å². The van der Waals surface area contributed by atoms with E-state index in [2.05, 4.69) is 10.3 Å². The van der Waals surface area contributed by atoms with Crippen LogP contribution in [0.3, 0.4) is 0 Å². The van der Waals surface area contributed by atoms with Gasteiger partial charge < -0.3 is 14.8 Å². The lowest BCUT2D eigenvalue weighted by atomic mass is 10.1.